The average Bonchev–Trinajstić information content (AvgIpc) is 3.02. The fourth-order valence-corrected chi connectivity index (χ4v) is 3.76. The molecule has 0 spiro atoms. The number of ether oxygens (including phenoxy) is 1. The van der Waals surface area contributed by atoms with Gasteiger partial charge in [0.25, 0.3) is 0 Å². The monoisotopic (exact) mass is 303 g/mol. The Balaban J connectivity index is 1.44. The molecule has 4 heteroatoms. The SMILES string of the molecule is NCC1CCCC1NCC1CN(Cc2ccccc2)CCO1. The largest absolute Gasteiger partial charge is 0.374 e. The van der Waals surface area contributed by atoms with Gasteiger partial charge in [-0.05, 0) is 30.9 Å². The lowest BCUT2D eigenvalue weighted by Crippen LogP contribution is -2.48. The molecule has 122 valence electrons. The van der Waals surface area contributed by atoms with Crippen LogP contribution in [0.4, 0.5) is 0 Å². The van der Waals surface area contributed by atoms with Crippen LogP contribution in [0.1, 0.15) is 24.8 Å². The Labute approximate surface area is 134 Å². The second-order valence-electron chi connectivity index (χ2n) is 6.65. The summed E-state index contributed by atoms with van der Waals surface area (Å²) >= 11 is 0. The van der Waals surface area contributed by atoms with E-state index < -0.39 is 0 Å². The number of rotatable bonds is 6. The van der Waals surface area contributed by atoms with Crippen molar-refractivity contribution in [2.24, 2.45) is 11.7 Å². The summed E-state index contributed by atoms with van der Waals surface area (Å²) in [5.41, 5.74) is 7.25. The molecule has 3 rings (SSSR count). The predicted molar refractivity (Wildman–Crippen MR) is 89.6 cm³/mol. The first-order valence-electron chi connectivity index (χ1n) is 8.66. The molecule has 1 aromatic rings. The van der Waals surface area contributed by atoms with Crippen LogP contribution in [0.2, 0.25) is 0 Å². The summed E-state index contributed by atoms with van der Waals surface area (Å²) in [5, 5.41) is 3.71. The number of nitrogens with two attached hydrogens (primary N) is 1. The van der Waals surface area contributed by atoms with E-state index in [9.17, 15) is 0 Å². The minimum Gasteiger partial charge on any atom is -0.374 e. The Morgan fingerprint density at radius 1 is 1.23 bits per heavy atom. The molecule has 22 heavy (non-hydrogen) atoms. The van der Waals surface area contributed by atoms with Crippen molar-refractivity contribution in [3.05, 3.63) is 35.9 Å². The van der Waals surface area contributed by atoms with Crippen molar-refractivity contribution in [3.8, 4) is 0 Å². The van der Waals surface area contributed by atoms with Crippen molar-refractivity contribution in [2.45, 2.75) is 38.0 Å². The van der Waals surface area contributed by atoms with E-state index in [2.05, 4.69) is 40.5 Å². The number of hydrogen-bond donors (Lipinski definition) is 2. The fraction of sp³-hybridized carbons (Fsp3) is 0.667. The summed E-state index contributed by atoms with van der Waals surface area (Å²) in [6, 6.07) is 11.3. The number of morpholine rings is 1. The maximum Gasteiger partial charge on any atom is 0.0826 e. The zero-order valence-corrected chi connectivity index (χ0v) is 13.4. The van der Waals surface area contributed by atoms with Gasteiger partial charge in [-0.3, -0.25) is 4.90 Å². The van der Waals surface area contributed by atoms with Crippen LogP contribution < -0.4 is 11.1 Å². The summed E-state index contributed by atoms with van der Waals surface area (Å²) in [7, 11) is 0. The lowest BCUT2D eigenvalue weighted by molar-refractivity contribution is -0.0313. The molecule has 2 fully saturated rings. The quantitative estimate of drug-likeness (QED) is 0.838. The standard InChI is InChI=1S/C18H29N3O/c19-11-16-7-4-8-18(16)20-12-17-14-21(9-10-22-17)13-15-5-2-1-3-6-15/h1-3,5-6,16-18,20H,4,7-14,19H2. The first-order valence-corrected chi connectivity index (χ1v) is 8.66. The minimum absolute atomic E-state index is 0.302. The number of nitrogens with one attached hydrogen (secondary N) is 1. The minimum atomic E-state index is 0.302. The van der Waals surface area contributed by atoms with Crippen molar-refractivity contribution >= 4 is 0 Å². The number of nitrogens with zero attached hydrogens (tertiary/aromatic N) is 1. The maximum atomic E-state index is 5.94. The second kappa shape index (κ2) is 8.06. The van der Waals surface area contributed by atoms with Crippen LogP contribution in [-0.4, -0.2) is 49.8 Å². The molecule has 3 atom stereocenters. The molecular formula is C18H29N3O. The van der Waals surface area contributed by atoms with Gasteiger partial charge >= 0.3 is 0 Å². The topological polar surface area (TPSA) is 50.5 Å². The first-order chi connectivity index (χ1) is 10.8. The Morgan fingerprint density at radius 3 is 2.91 bits per heavy atom. The molecule has 1 saturated heterocycles. The normalized spacial score (nSPS) is 29.8. The van der Waals surface area contributed by atoms with E-state index in [-0.39, 0.29) is 0 Å². The third-order valence-electron chi connectivity index (χ3n) is 5.04. The van der Waals surface area contributed by atoms with Crippen molar-refractivity contribution in [1.82, 2.24) is 10.2 Å². The van der Waals surface area contributed by atoms with Gasteiger partial charge in [-0.2, -0.15) is 0 Å². The van der Waals surface area contributed by atoms with E-state index in [4.69, 9.17) is 10.5 Å². The highest BCUT2D eigenvalue weighted by molar-refractivity contribution is 5.14. The lowest BCUT2D eigenvalue weighted by Gasteiger charge is -2.34. The second-order valence-corrected chi connectivity index (χ2v) is 6.65. The van der Waals surface area contributed by atoms with Gasteiger partial charge in [0, 0.05) is 32.2 Å². The molecule has 1 aliphatic heterocycles. The molecule has 1 aliphatic carbocycles. The van der Waals surface area contributed by atoms with E-state index in [0.717, 1.165) is 39.3 Å². The van der Waals surface area contributed by atoms with E-state index >= 15 is 0 Å². The van der Waals surface area contributed by atoms with Gasteiger partial charge in [0.05, 0.1) is 12.7 Å². The summed E-state index contributed by atoms with van der Waals surface area (Å²) in [6.07, 6.45) is 4.16. The van der Waals surface area contributed by atoms with Crippen molar-refractivity contribution in [1.29, 1.82) is 0 Å². The Morgan fingerprint density at radius 2 is 2.09 bits per heavy atom. The zero-order valence-electron chi connectivity index (χ0n) is 13.4. The van der Waals surface area contributed by atoms with Gasteiger partial charge in [-0.1, -0.05) is 36.8 Å². The van der Waals surface area contributed by atoms with Crippen LogP contribution in [0.25, 0.3) is 0 Å². The van der Waals surface area contributed by atoms with Gasteiger partial charge in [0.2, 0.25) is 0 Å². The Bertz CT molecular complexity index is 439. The maximum absolute atomic E-state index is 5.94. The van der Waals surface area contributed by atoms with Gasteiger partial charge in [0.15, 0.2) is 0 Å². The molecule has 0 bridgehead atoms. The van der Waals surface area contributed by atoms with Crippen LogP contribution >= 0.6 is 0 Å². The molecule has 1 saturated carbocycles. The molecule has 2 aliphatic rings. The van der Waals surface area contributed by atoms with Crippen LogP contribution in [-0.2, 0) is 11.3 Å². The van der Waals surface area contributed by atoms with Crippen molar-refractivity contribution in [3.63, 3.8) is 0 Å². The van der Waals surface area contributed by atoms with Crippen LogP contribution in [0.3, 0.4) is 0 Å². The number of benzene rings is 1. The van der Waals surface area contributed by atoms with E-state index in [1.807, 2.05) is 0 Å². The van der Waals surface area contributed by atoms with Crippen LogP contribution in [0, 0.1) is 5.92 Å². The highest BCUT2D eigenvalue weighted by Gasteiger charge is 2.27. The third-order valence-corrected chi connectivity index (χ3v) is 5.04. The van der Waals surface area contributed by atoms with E-state index in [1.165, 1.54) is 24.8 Å². The van der Waals surface area contributed by atoms with Gasteiger partial charge in [-0.25, -0.2) is 0 Å². The predicted octanol–water partition coefficient (Wildman–Crippen LogP) is 1.60. The number of hydrogen-bond acceptors (Lipinski definition) is 4. The lowest BCUT2D eigenvalue weighted by atomic mass is 10.0. The van der Waals surface area contributed by atoms with Crippen LogP contribution in [0.5, 0.6) is 0 Å². The van der Waals surface area contributed by atoms with Crippen LogP contribution in [0.15, 0.2) is 30.3 Å². The molecular weight excluding hydrogens is 274 g/mol. The molecule has 3 N–H and O–H groups in total. The van der Waals surface area contributed by atoms with E-state index in [0.29, 0.717) is 18.1 Å². The Kier molecular flexibility index (Phi) is 5.84. The molecule has 3 unspecified atom stereocenters. The van der Waals surface area contributed by atoms with Gasteiger partial charge in [-0.15, -0.1) is 0 Å². The zero-order chi connectivity index (χ0) is 15.2. The first kappa shape index (κ1) is 15.9. The fourth-order valence-electron chi connectivity index (χ4n) is 3.76. The smallest absolute Gasteiger partial charge is 0.0826 e. The summed E-state index contributed by atoms with van der Waals surface area (Å²) in [5.74, 6) is 0.656. The highest BCUT2D eigenvalue weighted by Crippen LogP contribution is 2.24. The summed E-state index contributed by atoms with van der Waals surface area (Å²) < 4.78 is 5.94. The molecule has 0 aromatic heterocycles. The Hall–Kier alpha value is -0.940. The summed E-state index contributed by atoms with van der Waals surface area (Å²) in [6.45, 7) is 5.66. The summed E-state index contributed by atoms with van der Waals surface area (Å²) in [4.78, 5) is 2.50. The third kappa shape index (κ3) is 4.29. The van der Waals surface area contributed by atoms with E-state index in [1.54, 1.807) is 0 Å². The molecule has 0 amide bonds. The average molecular weight is 303 g/mol. The molecule has 1 heterocycles. The van der Waals surface area contributed by atoms with Gasteiger partial charge in [0.1, 0.15) is 0 Å². The molecule has 1 aromatic carbocycles. The van der Waals surface area contributed by atoms with Crippen molar-refractivity contribution < 1.29 is 4.74 Å². The molecule has 4 nitrogen and oxygen atoms in total. The van der Waals surface area contributed by atoms with Gasteiger partial charge < -0.3 is 15.8 Å². The molecule has 0 radical (unpaired) electrons. The van der Waals surface area contributed by atoms with Crippen molar-refractivity contribution in [2.75, 3.05) is 32.8 Å². The highest BCUT2D eigenvalue weighted by atomic mass is 16.5.